The van der Waals surface area contributed by atoms with Gasteiger partial charge in [0.25, 0.3) is 5.91 Å². The van der Waals surface area contributed by atoms with E-state index < -0.39 is 0 Å². The molecule has 0 aromatic carbocycles. The Hall–Kier alpha value is -2.87. The van der Waals surface area contributed by atoms with Gasteiger partial charge in [0.1, 0.15) is 0 Å². The van der Waals surface area contributed by atoms with Gasteiger partial charge in [0.05, 0.1) is 30.0 Å². The maximum absolute atomic E-state index is 12.6. The molecule has 4 heterocycles. The Kier molecular flexibility index (Phi) is 5.80. The zero-order chi connectivity index (χ0) is 20.1. The molecule has 2 aliphatic rings. The molecule has 0 bridgehead atoms. The second-order valence-electron chi connectivity index (χ2n) is 7.70. The number of aromatic nitrogens is 3. The van der Waals surface area contributed by atoms with Crippen LogP contribution in [0.2, 0.25) is 0 Å². The second kappa shape index (κ2) is 8.65. The van der Waals surface area contributed by atoms with Crippen molar-refractivity contribution in [2.75, 3.05) is 19.7 Å². The lowest BCUT2D eigenvalue weighted by atomic mass is 9.82. The van der Waals surface area contributed by atoms with Crippen LogP contribution in [0.5, 0.6) is 0 Å². The van der Waals surface area contributed by atoms with E-state index in [0.717, 1.165) is 31.4 Å². The smallest absolute Gasteiger partial charge is 0.253 e. The molecular weight excluding hydrogens is 370 g/mol. The maximum Gasteiger partial charge on any atom is 0.253 e. The van der Waals surface area contributed by atoms with Gasteiger partial charge in [-0.2, -0.15) is 10.2 Å². The molecule has 1 spiro atoms. The summed E-state index contributed by atoms with van der Waals surface area (Å²) >= 11 is 0. The number of carbonyl (C=O) groups excluding carboxylic acids is 2. The Morgan fingerprint density at radius 2 is 2.03 bits per heavy atom. The molecule has 8 heteroatoms. The lowest BCUT2D eigenvalue weighted by Gasteiger charge is -2.46. The average Bonchev–Trinajstić information content (AvgIpc) is 2.75. The van der Waals surface area contributed by atoms with Crippen LogP contribution in [-0.4, -0.2) is 63.2 Å². The van der Waals surface area contributed by atoms with Gasteiger partial charge < -0.3 is 15.0 Å². The van der Waals surface area contributed by atoms with Crippen LogP contribution in [0.3, 0.4) is 0 Å². The van der Waals surface area contributed by atoms with Crippen molar-refractivity contribution >= 4 is 11.8 Å². The number of carbonyl (C=O) groups is 2. The molecular formula is C21H25N5O3. The molecule has 4 rings (SSSR count). The lowest BCUT2D eigenvalue weighted by Crippen LogP contribution is -2.54. The van der Waals surface area contributed by atoms with Gasteiger partial charge in [0.15, 0.2) is 0 Å². The molecule has 2 amide bonds. The van der Waals surface area contributed by atoms with Crippen LogP contribution in [-0.2, 0) is 16.0 Å². The van der Waals surface area contributed by atoms with E-state index >= 15 is 0 Å². The summed E-state index contributed by atoms with van der Waals surface area (Å²) in [6.07, 6.45) is 8.13. The monoisotopic (exact) mass is 395 g/mol. The lowest BCUT2D eigenvalue weighted by molar-refractivity contribution is -0.143. The second-order valence-corrected chi connectivity index (χ2v) is 7.70. The first kappa shape index (κ1) is 19.4. The number of amides is 2. The molecule has 0 aliphatic carbocycles. The number of nitrogens with one attached hydrogen (secondary N) is 1. The quantitative estimate of drug-likeness (QED) is 0.840. The van der Waals surface area contributed by atoms with Crippen LogP contribution in [0.1, 0.15) is 41.7 Å². The minimum absolute atomic E-state index is 0.0557. The highest BCUT2D eigenvalue weighted by molar-refractivity contribution is 5.93. The molecule has 2 aromatic heterocycles. The summed E-state index contributed by atoms with van der Waals surface area (Å²) in [6.45, 7) is 1.95. The number of nitrogens with zero attached hydrogens (tertiary/aromatic N) is 4. The van der Waals surface area contributed by atoms with Gasteiger partial charge in [-0.05, 0) is 43.9 Å². The summed E-state index contributed by atoms with van der Waals surface area (Å²) < 4.78 is 6.15. The summed E-state index contributed by atoms with van der Waals surface area (Å²) in [5, 5.41) is 10.6. The number of hydrogen-bond acceptors (Lipinski definition) is 6. The van der Waals surface area contributed by atoms with Crippen molar-refractivity contribution in [2.24, 2.45) is 0 Å². The molecule has 2 saturated heterocycles. The fourth-order valence-electron chi connectivity index (χ4n) is 4.13. The highest BCUT2D eigenvalue weighted by atomic mass is 16.5. The summed E-state index contributed by atoms with van der Waals surface area (Å²) in [4.78, 5) is 31.1. The molecule has 0 unspecified atom stereocenters. The molecule has 0 radical (unpaired) electrons. The van der Waals surface area contributed by atoms with Crippen molar-refractivity contribution in [3.8, 4) is 0 Å². The van der Waals surface area contributed by atoms with Crippen LogP contribution in [0.4, 0.5) is 0 Å². The first-order chi connectivity index (χ1) is 14.1. The summed E-state index contributed by atoms with van der Waals surface area (Å²) in [6, 6.07) is 7.33. The Morgan fingerprint density at radius 1 is 1.17 bits per heavy atom. The van der Waals surface area contributed by atoms with Gasteiger partial charge in [-0.3, -0.25) is 14.6 Å². The highest BCUT2D eigenvalue weighted by Gasteiger charge is 2.41. The molecule has 8 nitrogen and oxygen atoms in total. The maximum atomic E-state index is 12.6. The standard InChI is InChI=1S/C21H25N5O3/c27-19(13-17-3-1-2-8-22-17)26-10-6-21(7-11-26)14-18(5-12-29-21)25-20(28)16-4-9-23-24-15-16/h1-4,8-9,15,18H,5-7,10-14H2,(H,25,28)/t18-/m0/s1. The van der Waals surface area contributed by atoms with Gasteiger partial charge in [-0.25, -0.2) is 0 Å². The van der Waals surface area contributed by atoms with Crippen LogP contribution < -0.4 is 5.32 Å². The molecule has 2 aromatic rings. The molecule has 0 saturated carbocycles. The largest absolute Gasteiger partial charge is 0.375 e. The normalized spacial score (nSPS) is 21.0. The van der Waals surface area contributed by atoms with Gasteiger partial charge >= 0.3 is 0 Å². The number of pyridine rings is 1. The average molecular weight is 395 g/mol. The van der Waals surface area contributed by atoms with Gasteiger partial charge in [0, 0.05) is 37.6 Å². The third kappa shape index (κ3) is 4.76. The Morgan fingerprint density at radius 3 is 2.76 bits per heavy atom. The fraction of sp³-hybridized carbons (Fsp3) is 0.476. The van der Waals surface area contributed by atoms with E-state index in [-0.39, 0.29) is 23.5 Å². The number of ether oxygens (including phenoxy) is 1. The Balaban J connectivity index is 1.30. The van der Waals surface area contributed by atoms with E-state index in [0.29, 0.717) is 31.7 Å². The van der Waals surface area contributed by atoms with Gasteiger partial charge in [-0.15, -0.1) is 0 Å². The third-order valence-corrected chi connectivity index (χ3v) is 5.76. The van der Waals surface area contributed by atoms with Gasteiger partial charge in [0.2, 0.25) is 5.91 Å². The SMILES string of the molecule is O=C(N[C@H]1CCOC2(CCN(C(=O)Cc3ccccn3)CC2)C1)c1ccnnc1. The summed E-state index contributed by atoms with van der Waals surface area (Å²) in [5.74, 6) is -0.0330. The van der Waals surface area contributed by atoms with Gasteiger partial charge in [-0.1, -0.05) is 6.07 Å². The zero-order valence-corrected chi connectivity index (χ0v) is 16.3. The zero-order valence-electron chi connectivity index (χ0n) is 16.3. The predicted molar refractivity (Wildman–Crippen MR) is 105 cm³/mol. The first-order valence-corrected chi connectivity index (χ1v) is 10.0. The third-order valence-electron chi connectivity index (χ3n) is 5.76. The fourth-order valence-corrected chi connectivity index (χ4v) is 4.13. The summed E-state index contributed by atoms with van der Waals surface area (Å²) in [5.41, 5.74) is 1.03. The van der Waals surface area contributed by atoms with Crippen molar-refractivity contribution in [1.82, 2.24) is 25.4 Å². The number of hydrogen-bond donors (Lipinski definition) is 1. The van der Waals surface area contributed by atoms with E-state index in [1.165, 1.54) is 12.4 Å². The molecule has 29 heavy (non-hydrogen) atoms. The van der Waals surface area contributed by atoms with Crippen molar-refractivity contribution < 1.29 is 14.3 Å². The highest BCUT2D eigenvalue weighted by Crippen LogP contribution is 2.35. The molecule has 1 N–H and O–H groups in total. The Bertz CT molecular complexity index is 838. The molecule has 152 valence electrons. The van der Waals surface area contributed by atoms with Crippen molar-refractivity contribution in [1.29, 1.82) is 0 Å². The molecule has 2 fully saturated rings. The van der Waals surface area contributed by atoms with Crippen molar-refractivity contribution in [3.63, 3.8) is 0 Å². The van der Waals surface area contributed by atoms with E-state index in [1.54, 1.807) is 12.3 Å². The summed E-state index contributed by atoms with van der Waals surface area (Å²) in [7, 11) is 0. The van der Waals surface area contributed by atoms with Crippen LogP contribution in [0.15, 0.2) is 42.9 Å². The minimum Gasteiger partial charge on any atom is -0.375 e. The van der Waals surface area contributed by atoms with Crippen LogP contribution in [0.25, 0.3) is 0 Å². The Labute approximate surface area is 169 Å². The van der Waals surface area contributed by atoms with E-state index in [4.69, 9.17) is 4.74 Å². The predicted octanol–water partition coefficient (Wildman–Crippen LogP) is 1.38. The first-order valence-electron chi connectivity index (χ1n) is 10.0. The number of likely N-dealkylation sites (tertiary alicyclic amines) is 1. The number of rotatable bonds is 4. The van der Waals surface area contributed by atoms with Crippen LogP contribution >= 0.6 is 0 Å². The molecule has 2 aliphatic heterocycles. The van der Waals surface area contributed by atoms with Crippen LogP contribution in [0, 0.1) is 0 Å². The minimum atomic E-state index is -0.269. The van der Waals surface area contributed by atoms with E-state index in [1.807, 2.05) is 23.1 Å². The van der Waals surface area contributed by atoms with E-state index in [9.17, 15) is 9.59 Å². The topological polar surface area (TPSA) is 97.3 Å². The number of piperidine rings is 1. The molecule has 1 atom stereocenters. The van der Waals surface area contributed by atoms with E-state index in [2.05, 4.69) is 20.5 Å². The van der Waals surface area contributed by atoms with Crippen molar-refractivity contribution in [2.45, 2.75) is 43.7 Å². The van der Waals surface area contributed by atoms with Crippen molar-refractivity contribution in [3.05, 3.63) is 54.1 Å².